The standard InChI is InChI=1S/C20H28ClN11O2.2ClH/c21-15-17(23)31-16(22)14(30-15)18(34)32(20(26)27)10-2-1-3-11-4-6-12(7-5-11)29-13(33)8-9-28-19(24)25;;/h4-7H,1-3,8-10H2,(H3,26,27)(H,29,33)(H4,22,23,31)(H4,24,25,28);2*1H. The number of anilines is 3. The van der Waals surface area contributed by atoms with Crippen LogP contribution in [0.5, 0.6) is 0 Å². The van der Waals surface area contributed by atoms with Crippen LogP contribution in [0, 0.1) is 5.41 Å². The monoisotopic (exact) mass is 561 g/mol. The molecule has 0 unspecified atom stereocenters. The molecule has 2 amide bonds. The van der Waals surface area contributed by atoms with E-state index >= 15 is 0 Å². The highest BCUT2D eigenvalue weighted by Gasteiger charge is 2.23. The fraction of sp³-hybridized carbons (Fsp3) is 0.300. The second-order valence-corrected chi connectivity index (χ2v) is 7.59. The molecule has 36 heavy (non-hydrogen) atoms. The number of halogens is 3. The zero-order chi connectivity index (χ0) is 25.3. The first-order valence-corrected chi connectivity index (χ1v) is 10.6. The number of nitrogens with zero attached hydrogens (tertiary/aromatic N) is 4. The quantitative estimate of drug-likeness (QED) is 0.124. The molecule has 1 heterocycles. The number of aryl methyl sites for hydroxylation is 1. The number of rotatable bonds is 10. The number of hydrogen-bond acceptors (Lipinski definition) is 8. The van der Waals surface area contributed by atoms with Crippen molar-refractivity contribution in [3.8, 4) is 0 Å². The van der Waals surface area contributed by atoms with Crippen LogP contribution in [-0.2, 0) is 11.2 Å². The summed E-state index contributed by atoms with van der Waals surface area (Å²) in [6.45, 7) is 0.401. The van der Waals surface area contributed by atoms with E-state index in [0.29, 0.717) is 24.9 Å². The molecule has 1 aromatic heterocycles. The molecule has 198 valence electrons. The van der Waals surface area contributed by atoms with Crippen molar-refractivity contribution in [3.05, 3.63) is 40.7 Å². The Kier molecular flexibility index (Phi) is 13.9. The van der Waals surface area contributed by atoms with Gasteiger partial charge >= 0.3 is 0 Å². The number of aliphatic imine (C=N–C) groups is 1. The highest BCUT2D eigenvalue weighted by molar-refractivity contribution is 6.31. The smallest absolute Gasteiger partial charge is 0.283 e. The van der Waals surface area contributed by atoms with Crippen molar-refractivity contribution in [2.75, 3.05) is 29.9 Å². The van der Waals surface area contributed by atoms with Gasteiger partial charge in [-0.25, -0.2) is 9.97 Å². The van der Waals surface area contributed by atoms with Crippen molar-refractivity contribution in [2.45, 2.75) is 25.7 Å². The fourth-order valence-electron chi connectivity index (χ4n) is 2.92. The molecular weight excluding hydrogens is 533 g/mol. The number of benzene rings is 1. The molecule has 0 saturated heterocycles. The van der Waals surface area contributed by atoms with Gasteiger partial charge in [0.05, 0.1) is 6.54 Å². The maximum atomic E-state index is 12.7. The third kappa shape index (κ3) is 9.98. The van der Waals surface area contributed by atoms with Crippen LogP contribution >= 0.6 is 36.4 Å². The van der Waals surface area contributed by atoms with Crippen LogP contribution in [0.1, 0.15) is 35.3 Å². The van der Waals surface area contributed by atoms with Crippen LogP contribution in [0.25, 0.3) is 0 Å². The molecule has 0 aliphatic carbocycles. The summed E-state index contributed by atoms with van der Waals surface area (Å²) in [5.41, 5.74) is 28.8. The lowest BCUT2D eigenvalue weighted by Gasteiger charge is -2.20. The van der Waals surface area contributed by atoms with E-state index in [2.05, 4.69) is 20.3 Å². The van der Waals surface area contributed by atoms with E-state index in [4.69, 9.17) is 45.7 Å². The first-order chi connectivity index (χ1) is 16.1. The van der Waals surface area contributed by atoms with Gasteiger partial charge in [-0.15, -0.1) is 24.8 Å². The molecule has 0 fully saturated rings. The molecule has 0 atom stereocenters. The van der Waals surface area contributed by atoms with Crippen molar-refractivity contribution >= 4 is 77.5 Å². The zero-order valence-electron chi connectivity index (χ0n) is 19.2. The van der Waals surface area contributed by atoms with Crippen molar-refractivity contribution in [1.29, 1.82) is 5.41 Å². The predicted octanol–water partition coefficient (Wildman–Crippen LogP) is 1.10. The number of guanidine groups is 2. The Labute approximate surface area is 225 Å². The molecule has 0 radical (unpaired) electrons. The van der Waals surface area contributed by atoms with Gasteiger partial charge in [0.25, 0.3) is 5.91 Å². The van der Waals surface area contributed by atoms with Crippen LogP contribution in [-0.4, -0.2) is 51.7 Å². The first kappa shape index (κ1) is 32.5. The highest BCUT2D eigenvalue weighted by Crippen LogP contribution is 2.19. The Balaban J connectivity index is 0.00000612. The number of aromatic nitrogens is 2. The van der Waals surface area contributed by atoms with Crippen molar-refractivity contribution < 1.29 is 9.59 Å². The van der Waals surface area contributed by atoms with Gasteiger partial charge in [0.1, 0.15) is 0 Å². The number of nitrogens with two attached hydrogens (primary N) is 5. The summed E-state index contributed by atoms with van der Waals surface area (Å²) in [6, 6.07) is 7.38. The number of carbonyl (C=O) groups is 2. The summed E-state index contributed by atoms with van der Waals surface area (Å²) in [7, 11) is 0. The minimum atomic E-state index is -0.681. The minimum Gasteiger partial charge on any atom is -0.382 e. The molecule has 2 rings (SSSR count). The lowest BCUT2D eigenvalue weighted by atomic mass is 10.1. The number of unbranched alkanes of at least 4 members (excludes halogenated alkanes) is 1. The van der Waals surface area contributed by atoms with Crippen LogP contribution < -0.4 is 34.0 Å². The second-order valence-electron chi connectivity index (χ2n) is 7.23. The molecule has 2 aromatic rings. The lowest BCUT2D eigenvalue weighted by Crippen LogP contribution is -2.42. The average molecular weight is 563 g/mol. The Bertz CT molecular complexity index is 1080. The molecule has 0 saturated carbocycles. The van der Waals surface area contributed by atoms with Gasteiger partial charge in [-0.2, -0.15) is 0 Å². The summed E-state index contributed by atoms with van der Waals surface area (Å²) in [4.78, 5) is 37.1. The predicted molar refractivity (Wildman–Crippen MR) is 147 cm³/mol. The van der Waals surface area contributed by atoms with Crippen LogP contribution in [0.2, 0.25) is 5.15 Å². The van der Waals surface area contributed by atoms with E-state index in [-0.39, 0.29) is 78.7 Å². The molecule has 0 aliphatic heterocycles. The summed E-state index contributed by atoms with van der Waals surface area (Å²) in [5.74, 6) is -1.67. The Morgan fingerprint density at radius 1 is 1.03 bits per heavy atom. The number of amides is 2. The van der Waals surface area contributed by atoms with Crippen molar-refractivity contribution in [1.82, 2.24) is 14.9 Å². The SMILES string of the molecule is Cl.Cl.N=C(N)N(CCCCc1ccc(NC(=O)CCN=C(N)N)cc1)C(=O)c1nc(Cl)c(N)nc1N. The maximum Gasteiger partial charge on any atom is 0.283 e. The van der Waals surface area contributed by atoms with E-state index in [1.54, 1.807) is 12.1 Å². The van der Waals surface area contributed by atoms with E-state index in [9.17, 15) is 9.59 Å². The highest BCUT2D eigenvalue weighted by atomic mass is 35.5. The van der Waals surface area contributed by atoms with Gasteiger partial charge in [-0.1, -0.05) is 23.7 Å². The second kappa shape index (κ2) is 15.4. The normalized spacial score (nSPS) is 9.81. The zero-order valence-corrected chi connectivity index (χ0v) is 21.6. The summed E-state index contributed by atoms with van der Waals surface area (Å²) in [6.07, 6.45) is 2.16. The van der Waals surface area contributed by atoms with Crippen LogP contribution in [0.15, 0.2) is 29.3 Å². The Hall–Kier alpha value is -3.55. The summed E-state index contributed by atoms with van der Waals surface area (Å²) < 4.78 is 0. The molecule has 0 aliphatic rings. The number of nitrogens with one attached hydrogen (secondary N) is 2. The Morgan fingerprint density at radius 2 is 1.67 bits per heavy atom. The first-order valence-electron chi connectivity index (χ1n) is 10.3. The topological polar surface area (TPSA) is 242 Å². The average Bonchev–Trinajstić information content (AvgIpc) is 2.76. The van der Waals surface area contributed by atoms with Gasteiger partial charge in [0, 0.05) is 18.7 Å². The number of nitrogen functional groups attached to an aromatic ring is 2. The van der Waals surface area contributed by atoms with Gasteiger partial charge in [0.15, 0.2) is 34.4 Å². The molecular formula is C20H30Cl3N11O2. The van der Waals surface area contributed by atoms with Gasteiger partial charge in [-0.05, 0) is 37.0 Å². The van der Waals surface area contributed by atoms with Crippen molar-refractivity contribution in [2.24, 2.45) is 22.2 Å². The fourth-order valence-corrected chi connectivity index (χ4v) is 3.05. The minimum absolute atomic E-state index is 0. The van der Waals surface area contributed by atoms with E-state index in [0.717, 1.165) is 10.5 Å². The molecule has 0 bridgehead atoms. The largest absolute Gasteiger partial charge is 0.382 e. The van der Waals surface area contributed by atoms with Gasteiger partial charge < -0.3 is 34.0 Å². The third-order valence-electron chi connectivity index (χ3n) is 4.61. The molecule has 12 N–H and O–H groups in total. The van der Waals surface area contributed by atoms with E-state index in [1.807, 2.05) is 12.1 Å². The van der Waals surface area contributed by atoms with Crippen LogP contribution in [0.3, 0.4) is 0 Å². The van der Waals surface area contributed by atoms with E-state index < -0.39 is 11.9 Å². The lowest BCUT2D eigenvalue weighted by molar-refractivity contribution is -0.116. The molecule has 1 aromatic carbocycles. The van der Waals surface area contributed by atoms with Gasteiger partial charge in [0.2, 0.25) is 5.91 Å². The molecule has 13 nitrogen and oxygen atoms in total. The third-order valence-corrected chi connectivity index (χ3v) is 4.89. The number of carbonyl (C=O) groups excluding carboxylic acids is 2. The Morgan fingerprint density at radius 3 is 2.25 bits per heavy atom. The molecule has 0 spiro atoms. The molecule has 16 heteroatoms. The van der Waals surface area contributed by atoms with Crippen molar-refractivity contribution in [3.63, 3.8) is 0 Å². The number of hydrogen-bond donors (Lipinski definition) is 7. The summed E-state index contributed by atoms with van der Waals surface area (Å²) >= 11 is 5.83. The van der Waals surface area contributed by atoms with Crippen LogP contribution in [0.4, 0.5) is 17.3 Å². The van der Waals surface area contributed by atoms with E-state index in [1.165, 1.54) is 0 Å². The maximum absolute atomic E-state index is 12.7. The summed E-state index contributed by atoms with van der Waals surface area (Å²) in [5, 5.41) is 10.3. The van der Waals surface area contributed by atoms with Gasteiger partial charge in [-0.3, -0.25) is 24.9 Å².